The minimum Gasteiger partial charge on any atom is -0.472 e. The summed E-state index contributed by atoms with van der Waals surface area (Å²) in [4.78, 5) is 23.4. The molecule has 0 radical (unpaired) electrons. The highest BCUT2D eigenvalue weighted by Crippen LogP contribution is 2.19. The standard InChI is InChI=1S/C14H13ClN2O3/c1-9-2-3-11(15)6-12(9)17-13(18)7-16-14(19)10-4-5-20-8-10/h2-6,8H,7H2,1H3,(H,16,19)(H,17,18). The fourth-order valence-corrected chi connectivity index (χ4v) is 1.75. The van der Waals surface area contributed by atoms with Crippen molar-refractivity contribution in [2.24, 2.45) is 0 Å². The summed E-state index contributed by atoms with van der Waals surface area (Å²) in [5, 5.41) is 5.72. The van der Waals surface area contributed by atoms with E-state index >= 15 is 0 Å². The first-order valence-electron chi connectivity index (χ1n) is 5.92. The van der Waals surface area contributed by atoms with Gasteiger partial charge in [0.1, 0.15) is 6.26 Å². The highest BCUT2D eigenvalue weighted by molar-refractivity contribution is 6.31. The maximum Gasteiger partial charge on any atom is 0.254 e. The quantitative estimate of drug-likeness (QED) is 0.910. The second-order valence-corrected chi connectivity index (χ2v) is 4.64. The number of hydrogen-bond acceptors (Lipinski definition) is 3. The number of furan rings is 1. The molecular formula is C14H13ClN2O3. The first-order valence-corrected chi connectivity index (χ1v) is 6.30. The van der Waals surface area contributed by atoms with Crippen LogP contribution >= 0.6 is 11.6 Å². The fourth-order valence-electron chi connectivity index (χ4n) is 1.58. The van der Waals surface area contributed by atoms with Crippen molar-refractivity contribution in [3.63, 3.8) is 0 Å². The van der Waals surface area contributed by atoms with Gasteiger partial charge in [0.05, 0.1) is 18.4 Å². The van der Waals surface area contributed by atoms with Crippen molar-refractivity contribution in [1.29, 1.82) is 0 Å². The Kier molecular flexibility index (Phi) is 4.42. The molecule has 0 saturated carbocycles. The summed E-state index contributed by atoms with van der Waals surface area (Å²) in [6.45, 7) is 1.73. The van der Waals surface area contributed by atoms with E-state index in [-0.39, 0.29) is 18.4 Å². The average molecular weight is 293 g/mol. The zero-order valence-electron chi connectivity index (χ0n) is 10.8. The van der Waals surface area contributed by atoms with Crippen LogP contribution in [0.1, 0.15) is 15.9 Å². The Bertz CT molecular complexity index is 623. The Morgan fingerprint density at radius 3 is 2.80 bits per heavy atom. The zero-order valence-corrected chi connectivity index (χ0v) is 11.5. The van der Waals surface area contributed by atoms with Crippen LogP contribution in [0.3, 0.4) is 0 Å². The van der Waals surface area contributed by atoms with Crippen LogP contribution < -0.4 is 10.6 Å². The molecule has 20 heavy (non-hydrogen) atoms. The lowest BCUT2D eigenvalue weighted by Crippen LogP contribution is -2.32. The lowest BCUT2D eigenvalue weighted by Gasteiger charge is -2.09. The normalized spacial score (nSPS) is 10.1. The number of carbonyl (C=O) groups excluding carboxylic acids is 2. The summed E-state index contributed by atoms with van der Waals surface area (Å²) in [5.74, 6) is -0.691. The molecule has 0 saturated heterocycles. The molecule has 0 atom stereocenters. The van der Waals surface area contributed by atoms with E-state index in [0.29, 0.717) is 16.3 Å². The average Bonchev–Trinajstić information content (AvgIpc) is 2.94. The second-order valence-electron chi connectivity index (χ2n) is 4.20. The van der Waals surface area contributed by atoms with Crippen LogP contribution in [0.2, 0.25) is 5.02 Å². The molecule has 2 rings (SSSR count). The Balaban J connectivity index is 1.90. The van der Waals surface area contributed by atoms with Crippen LogP contribution in [0, 0.1) is 6.92 Å². The summed E-state index contributed by atoms with van der Waals surface area (Å²) in [7, 11) is 0. The van der Waals surface area contributed by atoms with E-state index < -0.39 is 0 Å². The number of aryl methyl sites for hydroxylation is 1. The molecule has 0 spiro atoms. The van der Waals surface area contributed by atoms with Gasteiger partial charge < -0.3 is 15.1 Å². The van der Waals surface area contributed by atoms with Crippen LogP contribution in [-0.4, -0.2) is 18.4 Å². The predicted octanol–water partition coefficient (Wildman–Crippen LogP) is 2.61. The molecule has 1 heterocycles. The Hall–Kier alpha value is -2.27. The van der Waals surface area contributed by atoms with E-state index in [9.17, 15) is 9.59 Å². The topological polar surface area (TPSA) is 71.3 Å². The maximum absolute atomic E-state index is 11.8. The van der Waals surface area contributed by atoms with Crippen molar-refractivity contribution in [2.75, 3.05) is 11.9 Å². The van der Waals surface area contributed by atoms with Crippen LogP contribution in [0.15, 0.2) is 41.2 Å². The van der Waals surface area contributed by atoms with Gasteiger partial charge in [0, 0.05) is 10.7 Å². The Morgan fingerprint density at radius 1 is 1.30 bits per heavy atom. The van der Waals surface area contributed by atoms with Crippen molar-refractivity contribution in [2.45, 2.75) is 6.92 Å². The smallest absolute Gasteiger partial charge is 0.254 e. The van der Waals surface area contributed by atoms with Crippen LogP contribution in [0.4, 0.5) is 5.69 Å². The Labute approximate surface area is 120 Å². The number of carbonyl (C=O) groups is 2. The van der Waals surface area contributed by atoms with Gasteiger partial charge in [-0.2, -0.15) is 0 Å². The summed E-state index contributed by atoms with van der Waals surface area (Å²) >= 11 is 5.86. The Morgan fingerprint density at radius 2 is 2.10 bits per heavy atom. The van der Waals surface area contributed by atoms with Crippen molar-refractivity contribution < 1.29 is 14.0 Å². The molecule has 1 aromatic carbocycles. The second kappa shape index (κ2) is 6.25. The van der Waals surface area contributed by atoms with E-state index in [2.05, 4.69) is 10.6 Å². The van der Waals surface area contributed by atoms with E-state index in [1.807, 2.05) is 13.0 Å². The molecule has 2 aromatic rings. The largest absolute Gasteiger partial charge is 0.472 e. The van der Waals surface area contributed by atoms with E-state index in [1.165, 1.54) is 18.6 Å². The summed E-state index contributed by atoms with van der Waals surface area (Å²) in [5.41, 5.74) is 1.89. The summed E-state index contributed by atoms with van der Waals surface area (Å²) in [6.07, 6.45) is 2.71. The van der Waals surface area contributed by atoms with Gasteiger partial charge in [-0.05, 0) is 30.7 Å². The first kappa shape index (κ1) is 14.1. The number of rotatable bonds is 4. The molecule has 0 aliphatic heterocycles. The molecule has 0 aliphatic rings. The van der Waals surface area contributed by atoms with Gasteiger partial charge in [-0.15, -0.1) is 0 Å². The fraction of sp³-hybridized carbons (Fsp3) is 0.143. The van der Waals surface area contributed by atoms with Gasteiger partial charge >= 0.3 is 0 Å². The lowest BCUT2D eigenvalue weighted by molar-refractivity contribution is -0.115. The van der Waals surface area contributed by atoms with Crippen LogP contribution in [0.25, 0.3) is 0 Å². The molecule has 5 nitrogen and oxygen atoms in total. The zero-order chi connectivity index (χ0) is 14.5. The van der Waals surface area contributed by atoms with Crippen LogP contribution in [0.5, 0.6) is 0 Å². The van der Waals surface area contributed by atoms with Crippen molar-refractivity contribution in [3.05, 3.63) is 52.9 Å². The first-order chi connectivity index (χ1) is 9.56. The molecule has 2 amide bonds. The SMILES string of the molecule is Cc1ccc(Cl)cc1NC(=O)CNC(=O)c1ccoc1. The number of hydrogen-bond donors (Lipinski definition) is 2. The van der Waals surface area contributed by atoms with Crippen molar-refractivity contribution in [3.8, 4) is 0 Å². The molecule has 0 aliphatic carbocycles. The summed E-state index contributed by atoms with van der Waals surface area (Å²) in [6, 6.07) is 6.73. The molecule has 0 unspecified atom stereocenters. The maximum atomic E-state index is 11.8. The minimum atomic E-state index is -0.364. The number of halogens is 1. The van der Waals surface area contributed by atoms with Crippen molar-refractivity contribution in [1.82, 2.24) is 5.32 Å². The van der Waals surface area contributed by atoms with E-state index in [0.717, 1.165) is 5.56 Å². The van der Waals surface area contributed by atoms with Gasteiger partial charge in [0.2, 0.25) is 5.91 Å². The third-order valence-corrected chi connectivity index (χ3v) is 2.90. The molecule has 6 heteroatoms. The molecule has 104 valence electrons. The van der Waals surface area contributed by atoms with E-state index in [4.69, 9.17) is 16.0 Å². The number of amides is 2. The molecular weight excluding hydrogens is 280 g/mol. The van der Waals surface area contributed by atoms with Crippen molar-refractivity contribution >= 4 is 29.1 Å². The number of anilines is 1. The molecule has 0 bridgehead atoms. The highest BCUT2D eigenvalue weighted by Gasteiger charge is 2.10. The number of nitrogens with one attached hydrogen (secondary N) is 2. The van der Waals surface area contributed by atoms with Gasteiger partial charge in [-0.3, -0.25) is 9.59 Å². The predicted molar refractivity (Wildman–Crippen MR) is 75.9 cm³/mol. The number of benzene rings is 1. The molecule has 1 aromatic heterocycles. The monoisotopic (exact) mass is 292 g/mol. The lowest BCUT2D eigenvalue weighted by atomic mass is 10.2. The highest BCUT2D eigenvalue weighted by atomic mass is 35.5. The molecule has 0 fully saturated rings. The van der Waals surface area contributed by atoms with Crippen LogP contribution in [-0.2, 0) is 4.79 Å². The third kappa shape index (κ3) is 3.61. The summed E-state index contributed by atoms with van der Waals surface area (Å²) < 4.78 is 4.79. The minimum absolute atomic E-state index is 0.129. The van der Waals surface area contributed by atoms with Gasteiger partial charge in [0.25, 0.3) is 5.91 Å². The van der Waals surface area contributed by atoms with E-state index in [1.54, 1.807) is 12.1 Å². The third-order valence-electron chi connectivity index (χ3n) is 2.67. The molecule has 2 N–H and O–H groups in total. The van der Waals surface area contributed by atoms with Gasteiger partial charge in [-0.25, -0.2) is 0 Å². The van der Waals surface area contributed by atoms with Gasteiger partial charge in [0.15, 0.2) is 0 Å². The van der Waals surface area contributed by atoms with Gasteiger partial charge in [-0.1, -0.05) is 17.7 Å².